The molecule has 0 aliphatic carbocycles. The number of alkyl halides is 1. The van der Waals surface area contributed by atoms with Crippen molar-refractivity contribution in [3.05, 3.63) is 65.6 Å². The van der Waals surface area contributed by atoms with E-state index in [0.717, 1.165) is 31.6 Å². The third kappa shape index (κ3) is 5.12. The summed E-state index contributed by atoms with van der Waals surface area (Å²) in [6.07, 6.45) is 2.87. The van der Waals surface area contributed by atoms with Gasteiger partial charge in [0, 0.05) is 35.8 Å². The van der Waals surface area contributed by atoms with Crippen molar-refractivity contribution in [3.8, 4) is 5.75 Å². The summed E-state index contributed by atoms with van der Waals surface area (Å²) in [5.74, 6) is -1.11. The van der Waals surface area contributed by atoms with E-state index < -0.39 is 24.3 Å². The Kier molecular flexibility index (Phi) is 7.60. The van der Waals surface area contributed by atoms with E-state index in [1.807, 2.05) is 10.8 Å². The lowest BCUT2D eigenvalue weighted by Crippen LogP contribution is -2.28. The van der Waals surface area contributed by atoms with E-state index in [0.29, 0.717) is 28.8 Å². The van der Waals surface area contributed by atoms with Gasteiger partial charge in [-0.05, 0) is 55.4 Å². The van der Waals surface area contributed by atoms with Gasteiger partial charge in [0.25, 0.3) is 11.8 Å². The highest BCUT2D eigenvalue weighted by Crippen LogP contribution is 2.37. The Morgan fingerprint density at radius 1 is 1.03 bits per heavy atom. The molecule has 1 aromatic heterocycles. The Morgan fingerprint density at radius 3 is 2.57 bits per heavy atom. The Balaban J connectivity index is 1.83. The van der Waals surface area contributed by atoms with E-state index in [1.165, 1.54) is 12.1 Å². The molecule has 1 aliphatic heterocycles. The zero-order valence-electron chi connectivity index (χ0n) is 19.9. The molecule has 0 fully saturated rings. The summed E-state index contributed by atoms with van der Waals surface area (Å²) in [6.45, 7) is 6.84. The molecule has 0 saturated carbocycles. The van der Waals surface area contributed by atoms with Gasteiger partial charge in [0.1, 0.15) is 24.8 Å². The van der Waals surface area contributed by atoms with Crippen molar-refractivity contribution >= 4 is 33.9 Å². The lowest BCUT2D eigenvalue weighted by atomic mass is 9.96. The van der Waals surface area contributed by atoms with Crippen LogP contribution in [0, 0.1) is 5.82 Å². The SMILES string of the molecule is CCCN(CC)CCn1cc(C2=C(c3cccc(OCCF)c3)C(=O)NC2=O)c2cc(F)ccc21. The average Bonchev–Trinajstić information content (AvgIpc) is 3.35. The molecule has 0 unspecified atom stereocenters. The van der Waals surface area contributed by atoms with E-state index in [1.54, 1.807) is 30.3 Å². The Morgan fingerprint density at radius 2 is 1.83 bits per heavy atom. The van der Waals surface area contributed by atoms with Crippen LogP contribution in [0.25, 0.3) is 22.0 Å². The number of nitrogens with zero attached hydrogens (tertiary/aromatic N) is 2. The van der Waals surface area contributed by atoms with Crippen molar-refractivity contribution in [2.45, 2.75) is 26.8 Å². The van der Waals surface area contributed by atoms with Crippen LogP contribution in [-0.4, -0.2) is 54.2 Å². The molecule has 1 aliphatic rings. The lowest BCUT2D eigenvalue weighted by molar-refractivity contribution is -0.122. The first-order chi connectivity index (χ1) is 17.0. The molecular weight excluding hydrogens is 452 g/mol. The van der Waals surface area contributed by atoms with Gasteiger partial charge in [-0.2, -0.15) is 0 Å². The highest BCUT2D eigenvalue weighted by Gasteiger charge is 2.34. The molecular formula is C27H29F2N3O3. The van der Waals surface area contributed by atoms with E-state index in [2.05, 4.69) is 24.1 Å². The number of fused-ring (bicyclic) bond motifs is 1. The minimum absolute atomic E-state index is 0.111. The summed E-state index contributed by atoms with van der Waals surface area (Å²) < 4.78 is 34.2. The minimum Gasteiger partial charge on any atom is -0.491 e. The van der Waals surface area contributed by atoms with Crippen LogP contribution in [0.3, 0.4) is 0 Å². The molecule has 4 rings (SSSR count). The topological polar surface area (TPSA) is 63.6 Å². The zero-order valence-corrected chi connectivity index (χ0v) is 19.9. The second-order valence-corrected chi connectivity index (χ2v) is 8.43. The van der Waals surface area contributed by atoms with Gasteiger partial charge in [-0.1, -0.05) is 26.0 Å². The van der Waals surface area contributed by atoms with Crippen LogP contribution < -0.4 is 10.1 Å². The maximum atomic E-state index is 14.3. The molecule has 0 saturated heterocycles. The molecule has 0 spiro atoms. The van der Waals surface area contributed by atoms with E-state index in [4.69, 9.17) is 4.74 Å². The van der Waals surface area contributed by atoms with Crippen LogP contribution in [0.5, 0.6) is 5.75 Å². The number of imide groups is 1. The first kappa shape index (κ1) is 24.6. The van der Waals surface area contributed by atoms with Crippen molar-refractivity contribution in [1.29, 1.82) is 0 Å². The maximum Gasteiger partial charge on any atom is 0.259 e. The number of carbonyl (C=O) groups excluding carboxylic acids is 2. The number of aromatic nitrogens is 1. The number of ether oxygens (including phenoxy) is 1. The van der Waals surface area contributed by atoms with E-state index in [9.17, 15) is 18.4 Å². The van der Waals surface area contributed by atoms with Crippen molar-refractivity contribution in [2.24, 2.45) is 0 Å². The number of hydrogen-bond acceptors (Lipinski definition) is 4. The van der Waals surface area contributed by atoms with Crippen molar-refractivity contribution in [1.82, 2.24) is 14.8 Å². The third-order valence-electron chi connectivity index (χ3n) is 6.16. The minimum atomic E-state index is -0.643. The molecule has 1 N–H and O–H groups in total. The summed E-state index contributed by atoms with van der Waals surface area (Å²) in [7, 11) is 0. The van der Waals surface area contributed by atoms with E-state index in [-0.39, 0.29) is 17.8 Å². The molecule has 2 aromatic carbocycles. The first-order valence-corrected chi connectivity index (χ1v) is 11.9. The standard InChI is InChI=1S/C27H29F2N3O3/c1-3-11-31(4-2)12-13-32-17-22(21-16-19(29)8-9-23(21)32)25-24(26(33)30-27(25)34)18-6-5-7-20(15-18)35-14-10-28/h5-9,15-17H,3-4,10-14H2,1-2H3,(H,30,33,34). The normalized spacial score (nSPS) is 13.9. The number of hydrogen-bond donors (Lipinski definition) is 1. The third-order valence-corrected chi connectivity index (χ3v) is 6.16. The van der Waals surface area contributed by atoms with Crippen LogP contribution in [0.1, 0.15) is 31.4 Å². The van der Waals surface area contributed by atoms with Crippen molar-refractivity contribution in [3.63, 3.8) is 0 Å². The largest absolute Gasteiger partial charge is 0.491 e. The summed E-state index contributed by atoms with van der Waals surface area (Å²) in [6, 6.07) is 11.1. The van der Waals surface area contributed by atoms with Gasteiger partial charge in [-0.15, -0.1) is 0 Å². The first-order valence-electron chi connectivity index (χ1n) is 11.9. The monoisotopic (exact) mass is 481 g/mol. The highest BCUT2D eigenvalue weighted by molar-refractivity contribution is 6.50. The van der Waals surface area contributed by atoms with Gasteiger partial charge < -0.3 is 14.2 Å². The molecule has 0 bridgehead atoms. The van der Waals surface area contributed by atoms with Crippen LogP contribution in [0.4, 0.5) is 8.78 Å². The molecule has 8 heteroatoms. The molecule has 35 heavy (non-hydrogen) atoms. The van der Waals surface area contributed by atoms with Crippen LogP contribution in [0.15, 0.2) is 48.7 Å². The van der Waals surface area contributed by atoms with E-state index >= 15 is 0 Å². The second-order valence-electron chi connectivity index (χ2n) is 8.43. The van der Waals surface area contributed by atoms with Crippen LogP contribution >= 0.6 is 0 Å². The van der Waals surface area contributed by atoms with Crippen molar-refractivity contribution in [2.75, 3.05) is 32.9 Å². The Labute approximate surface area is 203 Å². The smallest absolute Gasteiger partial charge is 0.259 e. The van der Waals surface area contributed by atoms with Crippen molar-refractivity contribution < 1.29 is 23.1 Å². The Bertz CT molecular complexity index is 1280. The molecule has 0 atom stereocenters. The summed E-state index contributed by atoms with van der Waals surface area (Å²) in [5, 5.41) is 2.94. The molecule has 2 heterocycles. The number of likely N-dealkylation sites (N-methyl/N-ethyl adjacent to an activating group) is 1. The molecule has 0 radical (unpaired) electrons. The average molecular weight is 482 g/mol. The molecule has 6 nitrogen and oxygen atoms in total. The van der Waals surface area contributed by atoms with Gasteiger partial charge >= 0.3 is 0 Å². The fourth-order valence-corrected chi connectivity index (χ4v) is 4.53. The summed E-state index contributed by atoms with van der Waals surface area (Å²) in [4.78, 5) is 28.2. The number of amides is 2. The quantitative estimate of drug-likeness (QED) is 0.412. The van der Waals surface area contributed by atoms with Gasteiger partial charge in [-0.25, -0.2) is 8.78 Å². The number of halogens is 2. The molecule has 184 valence electrons. The summed E-state index contributed by atoms with van der Waals surface area (Å²) in [5.41, 5.74) is 2.12. The predicted octanol–water partition coefficient (Wildman–Crippen LogP) is 4.43. The van der Waals surface area contributed by atoms with Gasteiger partial charge in [0.15, 0.2) is 0 Å². The number of benzene rings is 2. The van der Waals surface area contributed by atoms with Gasteiger partial charge in [0.05, 0.1) is 11.1 Å². The summed E-state index contributed by atoms with van der Waals surface area (Å²) >= 11 is 0. The fourth-order valence-electron chi connectivity index (χ4n) is 4.53. The fraction of sp³-hybridized carbons (Fsp3) is 0.333. The number of rotatable bonds is 11. The van der Waals surface area contributed by atoms with Gasteiger partial charge in [-0.3, -0.25) is 14.9 Å². The molecule has 2 amide bonds. The highest BCUT2D eigenvalue weighted by atomic mass is 19.1. The predicted molar refractivity (Wildman–Crippen MR) is 132 cm³/mol. The maximum absolute atomic E-state index is 14.3. The second kappa shape index (κ2) is 10.8. The lowest BCUT2D eigenvalue weighted by Gasteiger charge is -2.20. The van der Waals surface area contributed by atoms with Gasteiger partial charge in [0.2, 0.25) is 0 Å². The van der Waals surface area contributed by atoms with Crippen LogP contribution in [0.2, 0.25) is 0 Å². The number of nitrogens with one attached hydrogen (secondary N) is 1. The Hall–Kier alpha value is -3.52. The van der Waals surface area contributed by atoms with Crippen LogP contribution in [-0.2, 0) is 16.1 Å². The zero-order chi connectivity index (χ0) is 24.9. The molecule has 3 aromatic rings. The number of carbonyl (C=O) groups is 2.